The number of hydrogen-bond acceptors (Lipinski definition) is 4. The van der Waals surface area contributed by atoms with E-state index in [0.29, 0.717) is 22.9 Å². The molecule has 1 amide bonds. The summed E-state index contributed by atoms with van der Waals surface area (Å²) in [6.45, 7) is 2.40. The molecule has 144 valence electrons. The molecule has 1 aromatic heterocycles. The number of aryl methyl sites for hydroxylation is 1. The minimum atomic E-state index is -0.336. The van der Waals surface area contributed by atoms with Crippen LogP contribution in [0.1, 0.15) is 21.7 Å². The Hall–Kier alpha value is -3.44. The maximum absolute atomic E-state index is 12.7. The molecule has 0 aliphatic carbocycles. The predicted molar refractivity (Wildman–Crippen MR) is 117 cm³/mol. The highest BCUT2D eigenvalue weighted by Crippen LogP contribution is 2.24. The number of aromatic nitrogens is 2. The average Bonchev–Trinajstić information content (AvgIpc) is 2.74. The van der Waals surface area contributed by atoms with Crippen LogP contribution in [0, 0.1) is 6.92 Å². The van der Waals surface area contributed by atoms with Gasteiger partial charge in [-0.2, -0.15) is 0 Å². The lowest BCUT2D eigenvalue weighted by molar-refractivity contribution is 0.0941. The van der Waals surface area contributed by atoms with Crippen LogP contribution in [0.15, 0.2) is 72.8 Å². The van der Waals surface area contributed by atoms with E-state index in [1.165, 1.54) is 5.56 Å². The number of carbonyl (C=O) groups excluding carboxylic acids is 1. The van der Waals surface area contributed by atoms with Crippen molar-refractivity contribution >= 4 is 39.9 Å². The van der Waals surface area contributed by atoms with Crippen molar-refractivity contribution < 1.29 is 4.79 Å². The first-order chi connectivity index (χ1) is 14.1. The van der Waals surface area contributed by atoms with Gasteiger partial charge in [0.25, 0.3) is 5.91 Å². The lowest BCUT2D eigenvalue weighted by Crippen LogP contribution is -2.25. The summed E-state index contributed by atoms with van der Waals surface area (Å²) in [6.07, 6.45) is 0. The Labute approximate surface area is 173 Å². The third-order valence-electron chi connectivity index (χ3n) is 4.49. The fourth-order valence-electron chi connectivity index (χ4n) is 2.91. The van der Waals surface area contributed by atoms with Crippen molar-refractivity contribution in [3.63, 3.8) is 0 Å². The Morgan fingerprint density at radius 1 is 0.931 bits per heavy atom. The van der Waals surface area contributed by atoms with Crippen LogP contribution in [-0.2, 0) is 6.54 Å². The first-order valence-corrected chi connectivity index (χ1v) is 9.59. The van der Waals surface area contributed by atoms with Gasteiger partial charge in [0.15, 0.2) is 0 Å². The molecule has 6 heteroatoms. The normalized spacial score (nSPS) is 10.7. The van der Waals surface area contributed by atoms with Crippen LogP contribution >= 0.6 is 11.6 Å². The third kappa shape index (κ3) is 4.52. The quantitative estimate of drug-likeness (QED) is 0.477. The predicted octanol–water partition coefficient (Wildman–Crippen LogP) is 5.27. The molecule has 2 N–H and O–H groups in total. The van der Waals surface area contributed by atoms with Crippen LogP contribution in [0.4, 0.5) is 11.5 Å². The van der Waals surface area contributed by atoms with Crippen molar-refractivity contribution in [3.05, 3.63) is 94.8 Å². The second kappa shape index (κ2) is 8.29. The molecule has 0 radical (unpaired) electrons. The summed E-state index contributed by atoms with van der Waals surface area (Å²) in [4.78, 5) is 21.6. The first-order valence-electron chi connectivity index (χ1n) is 9.21. The van der Waals surface area contributed by atoms with Crippen LogP contribution in [0.2, 0.25) is 5.02 Å². The molecule has 0 aliphatic heterocycles. The van der Waals surface area contributed by atoms with Crippen LogP contribution < -0.4 is 10.6 Å². The number of fused-ring (bicyclic) bond motifs is 1. The molecule has 1 heterocycles. The smallest absolute Gasteiger partial charge is 0.289 e. The summed E-state index contributed by atoms with van der Waals surface area (Å²) in [5.74, 6) is 0.376. The lowest BCUT2D eigenvalue weighted by atomic mass is 10.2. The fourth-order valence-corrected chi connectivity index (χ4v) is 3.04. The summed E-state index contributed by atoms with van der Waals surface area (Å²) < 4.78 is 0. The third-order valence-corrected chi connectivity index (χ3v) is 4.74. The van der Waals surface area contributed by atoms with Gasteiger partial charge in [0.2, 0.25) is 5.82 Å². The van der Waals surface area contributed by atoms with Gasteiger partial charge in [-0.1, -0.05) is 53.6 Å². The van der Waals surface area contributed by atoms with Gasteiger partial charge in [-0.3, -0.25) is 4.79 Å². The maximum Gasteiger partial charge on any atom is 0.289 e. The number of benzene rings is 3. The van der Waals surface area contributed by atoms with Gasteiger partial charge >= 0.3 is 0 Å². The molecule has 0 atom stereocenters. The Balaban J connectivity index is 1.61. The standard InChI is InChI=1S/C23H19ClN4O/c1-15-6-12-18(13-7-15)26-21-19-4-2-3-5-20(19)27-22(28-21)23(29)25-14-16-8-10-17(24)11-9-16/h2-13H,14H2,1H3,(H,25,29)(H,26,27,28). The number of para-hydroxylation sites is 1. The minimum Gasteiger partial charge on any atom is -0.345 e. The Kier molecular flexibility index (Phi) is 5.40. The zero-order chi connectivity index (χ0) is 20.2. The molecule has 0 fully saturated rings. The molecular weight excluding hydrogens is 384 g/mol. The van der Waals surface area contributed by atoms with Crippen LogP contribution in [0.5, 0.6) is 0 Å². The zero-order valence-electron chi connectivity index (χ0n) is 15.8. The summed E-state index contributed by atoms with van der Waals surface area (Å²) >= 11 is 5.90. The Morgan fingerprint density at radius 3 is 2.41 bits per heavy atom. The number of nitrogens with zero attached hydrogens (tertiary/aromatic N) is 2. The largest absolute Gasteiger partial charge is 0.345 e. The molecular formula is C23H19ClN4O. The molecule has 4 rings (SSSR count). The van der Waals surface area contributed by atoms with E-state index in [0.717, 1.165) is 16.6 Å². The summed E-state index contributed by atoms with van der Waals surface area (Å²) in [6, 6.07) is 22.9. The number of hydrogen-bond donors (Lipinski definition) is 2. The zero-order valence-corrected chi connectivity index (χ0v) is 16.6. The van der Waals surface area contributed by atoms with Gasteiger partial charge in [-0.25, -0.2) is 9.97 Å². The van der Waals surface area contributed by atoms with Crippen molar-refractivity contribution in [1.82, 2.24) is 15.3 Å². The summed E-state index contributed by atoms with van der Waals surface area (Å²) in [7, 11) is 0. The first kappa shape index (κ1) is 18.9. The topological polar surface area (TPSA) is 66.9 Å². The maximum atomic E-state index is 12.7. The molecule has 0 saturated carbocycles. The molecule has 5 nitrogen and oxygen atoms in total. The molecule has 4 aromatic rings. The van der Waals surface area contributed by atoms with E-state index in [1.807, 2.05) is 67.6 Å². The SMILES string of the molecule is Cc1ccc(Nc2nc(C(=O)NCc3ccc(Cl)cc3)nc3ccccc23)cc1. The summed E-state index contributed by atoms with van der Waals surface area (Å²) in [5, 5.41) is 7.67. The van der Waals surface area contributed by atoms with Gasteiger partial charge < -0.3 is 10.6 Å². The van der Waals surface area contributed by atoms with E-state index in [2.05, 4.69) is 20.6 Å². The highest BCUT2D eigenvalue weighted by atomic mass is 35.5. The Bertz CT molecular complexity index is 1160. The highest BCUT2D eigenvalue weighted by molar-refractivity contribution is 6.30. The van der Waals surface area contributed by atoms with Crippen LogP contribution in [0.3, 0.4) is 0 Å². The number of amides is 1. The van der Waals surface area contributed by atoms with E-state index in [4.69, 9.17) is 11.6 Å². The van der Waals surface area contributed by atoms with Crippen molar-refractivity contribution in [3.8, 4) is 0 Å². The van der Waals surface area contributed by atoms with E-state index in [-0.39, 0.29) is 11.7 Å². The van der Waals surface area contributed by atoms with Crippen molar-refractivity contribution in [2.45, 2.75) is 13.5 Å². The molecule has 0 bridgehead atoms. The van der Waals surface area contributed by atoms with Gasteiger partial charge in [-0.05, 0) is 48.9 Å². The molecule has 3 aromatic carbocycles. The monoisotopic (exact) mass is 402 g/mol. The van der Waals surface area contributed by atoms with Gasteiger partial charge in [-0.15, -0.1) is 0 Å². The Morgan fingerprint density at radius 2 is 1.66 bits per heavy atom. The second-order valence-electron chi connectivity index (χ2n) is 6.71. The number of nitrogens with one attached hydrogen (secondary N) is 2. The molecule has 0 spiro atoms. The van der Waals surface area contributed by atoms with E-state index in [1.54, 1.807) is 12.1 Å². The van der Waals surface area contributed by atoms with E-state index < -0.39 is 0 Å². The van der Waals surface area contributed by atoms with Crippen LogP contribution in [0.25, 0.3) is 10.9 Å². The van der Waals surface area contributed by atoms with Crippen molar-refractivity contribution in [2.24, 2.45) is 0 Å². The number of anilines is 2. The van der Waals surface area contributed by atoms with Gasteiger partial charge in [0.1, 0.15) is 5.82 Å². The highest BCUT2D eigenvalue weighted by Gasteiger charge is 2.14. The molecule has 0 unspecified atom stereocenters. The molecule has 29 heavy (non-hydrogen) atoms. The van der Waals surface area contributed by atoms with Gasteiger partial charge in [0.05, 0.1) is 5.52 Å². The number of carbonyl (C=O) groups is 1. The van der Waals surface area contributed by atoms with E-state index in [9.17, 15) is 4.79 Å². The lowest BCUT2D eigenvalue weighted by Gasteiger charge is -2.11. The van der Waals surface area contributed by atoms with Crippen molar-refractivity contribution in [2.75, 3.05) is 5.32 Å². The second-order valence-corrected chi connectivity index (χ2v) is 7.15. The number of rotatable bonds is 5. The van der Waals surface area contributed by atoms with Crippen LogP contribution in [-0.4, -0.2) is 15.9 Å². The summed E-state index contributed by atoms with van der Waals surface area (Å²) in [5.41, 5.74) is 3.72. The van der Waals surface area contributed by atoms with Crippen molar-refractivity contribution in [1.29, 1.82) is 0 Å². The molecule has 0 saturated heterocycles. The fraction of sp³-hybridized carbons (Fsp3) is 0.0870. The minimum absolute atomic E-state index is 0.118. The average molecular weight is 403 g/mol. The molecule has 0 aliphatic rings. The number of halogens is 1. The van der Waals surface area contributed by atoms with Gasteiger partial charge in [0, 0.05) is 22.6 Å². The van der Waals surface area contributed by atoms with E-state index >= 15 is 0 Å².